The minimum Gasteiger partial charge on any atom is -0.490 e. The van der Waals surface area contributed by atoms with Crippen molar-refractivity contribution >= 4 is 44.0 Å². The van der Waals surface area contributed by atoms with Crippen LogP contribution in [0, 0.1) is 23.7 Å². The molecule has 0 aliphatic carbocycles. The van der Waals surface area contributed by atoms with E-state index in [0.717, 1.165) is 53.0 Å². The Morgan fingerprint density at radius 1 is 1.20 bits per heavy atom. The summed E-state index contributed by atoms with van der Waals surface area (Å²) in [7, 11) is 0. The van der Waals surface area contributed by atoms with Gasteiger partial charge in [0.15, 0.2) is 16.7 Å². The molecule has 0 saturated carbocycles. The summed E-state index contributed by atoms with van der Waals surface area (Å²) < 4.78 is 21.7. The van der Waals surface area contributed by atoms with Crippen LogP contribution in [0.1, 0.15) is 19.8 Å². The zero-order valence-corrected chi connectivity index (χ0v) is 18.5. The van der Waals surface area contributed by atoms with Crippen molar-refractivity contribution in [2.75, 3.05) is 42.6 Å². The van der Waals surface area contributed by atoms with Crippen LogP contribution in [0.5, 0.6) is 5.75 Å². The molecule has 2 aromatic carbocycles. The topological polar surface area (TPSA) is 28.6 Å². The van der Waals surface area contributed by atoms with Gasteiger partial charge < -0.3 is 14.5 Å². The van der Waals surface area contributed by atoms with Gasteiger partial charge in [-0.3, -0.25) is 0 Å². The molecule has 2 unspecified atom stereocenters. The van der Waals surface area contributed by atoms with Gasteiger partial charge in [-0.15, -0.1) is 0 Å². The average molecular weight is 445 g/mol. The minimum absolute atomic E-state index is 0.236. The number of hydrogen-bond acceptors (Lipinski definition) is 5. The lowest BCUT2D eigenvalue weighted by Gasteiger charge is -2.46. The monoisotopic (exact) mass is 444 g/mol. The Morgan fingerprint density at radius 3 is 2.73 bits per heavy atom. The molecule has 1 radical (unpaired) electrons. The van der Waals surface area contributed by atoms with E-state index in [1.54, 1.807) is 17.4 Å². The molecule has 0 spiro atoms. The van der Waals surface area contributed by atoms with E-state index in [-0.39, 0.29) is 11.6 Å². The molecule has 4 nitrogen and oxygen atoms in total. The molecule has 2 bridgehead atoms. The van der Waals surface area contributed by atoms with Gasteiger partial charge in [0.05, 0.1) is 22.5 Å². The number of thiazole rings is 1. The van der Waals surface area contributed by atoms with Gasteiger partial charge in [0, 0.05) is 37.3 Å². The van der Waals surface area contributed by atoms with Crippen molar-refractivity contribution in [3.05, 3.63) is 47.2 Å². The first-order chi connectivity index (χ1) is 14.6. The summed E-state index contributed by atoms with van der Waals surface area (Å²) in [6.45, 7) is 6.10. The number of fused-ring (bicyclic) bond motifs is 3. The maximum atomic E-state index is 15.0. The van der Waals surface area contributed by atoms with Crippen LogP contribution in [0.25, 0.3) is 10.2 Å². The zero-order chi connectivity index (χ0) is 20.7. The number of nitrogens with zero attached hydrogens (tertiary/aromatic N) is 3. The summed E-state index contributed by atoms with van der Waals surface area (Å²) in [6.07, 6.45) is 2.03. The van der Waals surface area contributed by atoms with Gasteiger partial charge in [-0.05, 0) is 55.0 Å². The largest absolute Gasteiger partial charge is 0.490 e. The van der Waals surface area contributed by atoms with Gasteiger partial charge in [-0.2, -0.15) is 0 Å². The van der Waals surface area contributed by atoms with Crippen molar-refractivity contribution in [2.45, 2.75) is 19.8 Å². The number of halogens is 2. The van der Waals surface area contributed by atoms with Crippen molar-refractivity contribution in [3.63, 3.8) is 0 Å². The Bertz CT molecular complexity index is 1040. The van der Waals surface area contributed by atoms with Gasteiger partial charge >= 0.3 is 0 Å². The van der Waals surface area contributed by atoms with E-state index in [1.165, 1.54) is 6.42 Å². The summed E-state index contributed by atoms with van der Waals surface area (Å²) in [5.41, 5.74) is 1.64. The van der Waals surface area contributed by atoms with E-state index in [9.17, 15) is 0 Å². The molecule has 1 aromatic heterocycles. The molecule has 0 N–H and O–H groups in total. The molecule has 0 amide bonds. The summed E-state index contributed by atoms with van der Waals surface area (Å²) in [5.74, 6) is 0.916. The van der Waals surface area contributed by atoms with Crippen LogP contribution in [-0.4, -0.2) is 37.8 Å². The molecule has 2 saturated heterocycles. The van der Waals surface area contributed by atoms with Gasteiger partial charge in [0.2, 0.25) is 0 Å². The highest BCUT2D eigenvalue weighted by Crippen LogP contribution is 2.38. The van der Waals surface area contributed by atoms with Crippen LogP contribution >= 0.6 is 22.9 Å². The molecule has 2 fully saturated rings. The molecule has 157 valence electrons. The van der Waals surface area contributed by atoms with Gasteiger partial charge in [0.1, 0.15) is 0 Å². The third kappa shape index (κ3) is 3.83. The number of ether oxygens (including phenoxy) is 1. The van der Waals surface area contributed by atoms with Crippen molar-refractivity contribution in [3.8, 4) is 5.75 Å². The molecule has 3 aromatic rings. The fourth-order valence-electron chi connectivity index (χ4n) is 4.66. The van der Waals surface area contributed by atoms with Crippen molar-refractivity contribution in [1.82, 2.24) is 4.98 Å². The summed E-state index contributed by atoms with van der Waals surface area (Å²) in [6, 6.07) is 12.3. The van der Waals surface area contributed by atoms with E-state index < -0.39 is 0 Å². The number of aromatic nitrogens is 1. The van der Waals surface area contributed by atoms with Crippen molar-refractivity contribution in [1.29, 1.82) is 0 Å². The summed E-state index contributed by atoms with van der Waals surface area (Å²) >= 11 is 7.84. The molecule has 2 aliphatic rings. The number of benzene rings is 2. The molecule has 2 aliphatic heterocycles. The predicted octanol–water partition coefficient (Wildman–Crippen LogP) is 5.64. The Balaban J connectivity index is 1.33. The SMILES string of the molecule is CCCOc1[c]ccc(N2CC3CC(CN(c4nc5ccc(Cl)cc5s4)C3)C2)c1F. The first-order valence-electron chi connectivity index (χ1n) is 10.5. The maximum Gasteiger partial charge on any atom is 0.188 e. The molecule has 30 heavy (non-hydrogen) atoms. The van der Waals surface area contributed by atoms with Gasteiger partial charge in [-0.25, -0.2) is 9.37 Å². The zero-order valence-electron chi connectivity index (χ0n) is 16.9. The number of hydrogen-bond donors (Lipinski definition) is 0. The lowest BCUT2D eigenvalue weighted by atomic mass is 9.84. The van der Waals surface area contributed by atoms with Crippen LogP contribution in [0.4, 0.5) is 15.2 Å². The highest BCUT2D eigenvalue weighted by Gasteiger charge is 2.36. The summed E-state index contributed by atoms with van der Waals surface area (Å²) in [5, 5.41) is 1.81. The smallest absolute Gasteiger partial charge is 0.188 e. The number of rotatable bonds is 5. The second-order valence-electron chi connectivity index (χ2n) is 8.24. The quantitative estimate of drug-likeness (QED) is 0.509. The third-order valence-corrected chi connectivity index (χ3v) is 7.18. The van der Waals surface area contributed by atoms with Gasteiger partial charge in [0.25, 0.3) is 0 Å². The van der Waals surface area contributed by atoms with E-state index in [2.05, 4.69) is 15.9 Å². The van der Waals surface area contributed by atoms with Crippen LogP contribution in [-0.2, 0) is 0 Å². The first-order valence-corrected chi connectivity index (χ1v) is 11.7. The Hall–Kier alpha value is -2.05. The molecular formula is C23H24ClFN3OS. The first kappa shape index (κ1) is 19.9. The Kier molecular flexibility index (Phi) is 5.46. The Labute approximate surface area is 185 Å². The fraction of sp³-hybridized carbons (Fsp3) is 0.435. The molecule has 7 heteroatoms. The molecule has 2 atom stereocenters. The average Bonchev–Trinajstić information content (AvgIpc) is 3.15. The third-order valence-electron chi connectivity index (χ3n) is 5.86. The molecular weight excluding hydrogens is 421 g/mol. The fourth-order valence-corrected chi connectivity index (χ4v) is 5.92. The standard InChI is InChI=1S/C23H24ClFN3OS/c1-2-8-29-20-5-3-4-19(22(20)25)27-11-15-9-16(12-27)14-28(13-15)23-26-18-7-6-17(24)10-21(18)30-23/h3-4,6-7,10,15-16H,2,8-9,11-14H2,1H3. The molecule has 5 rings (SSSR count). The number of anilines is 2. The lowest BCUT2D eigenvalue weighted by Crippen LogP contribution is -2.53. The van der Waals surface area contributed by atoms with E-state index in [4.69, 9.17) is 21.3 Å². The van der Waals surface area contributed by atoms with Crippen LogP contribution in [0.2, 0.25) is 5.02 Å². The second kappa shape index (κ2) is 8.23. The van der Waals surface area contributed by atoms with Crippen LogP contribution in [0.15, 0.2) is 30.3 Å². The van der Waals surface area contributed by atoms with Crippen LogP contribution in [0.3, 0.4) is 0 Å². The highest BCUT2D eigenvalue weighted by atomic mass is 35.5. The maximum absolute atomic E-state index is 15.0. The minimum atomic E-state index is -0.286. The van der Waals surface area contributed by atoms with Crippen molar-refractivity contribution in [2.24, 2.45) is 11.8 Å². The van der Waals surface area contributed by atoms with Crippen LogP contribution < -0.4 is 14.5 Å². The second-order valence-corrected chi connectivity index (χ2v) is 9.69. The number of piperidine rings is 2. The highest BCUT2D eigenvalue weighted by molar-refractivity contribution is 7.22. The normalized spacial score (nSPS) is 21.3. The lowest BCUT2D eigenvalue weighted by molar-refractivity contribution is 0.273. The van der Waals surface area contributed by atoms with Crippen molar-refractivity contribution < 1.29 is 9.13 Å². The predicted molar refractivity (Wildman–Crippen MR) is 122 cm³/mol. The van der Waals surface area contributed by atoms with E-state index >= 15 is 4.39 Å². The van der Waals surface area contributed by atoms with E-state index in [0.29, 0.717) is 24.1 Å². The summed E-state index contributed by atoms with van der Waals surface area (Å²) in [4.78, 5) is 9.42. The van der Waals surface area contributed by atoms with Gasteiger partial charge in [-0.1, -0.05) is 29.9 Å². The Morgan fingerprint density at radius 2 is 1.97 bits per heavy atom. The van der Waals surface area contributed by atoms with E-state index in [1.807, 2.05) is 31.2 Å². The molecule has 3 heterocycles.